The Morgan fingerprint density at radius 3 is 2.30 bits per heavy atom. The SMILES string of the molecule is COC[C@]1(N)[C@H](c2ccccc2)[C@@H]1S(=O)(=O)c1ccc(Cl)cc1. The first kappa shape index (κ1) is 16.5. The number of rotatable bonds is 5. The highest BCUT2D eigenvalue weighted by Gasteiger charge is 2.69. The molecule has 1 aliphatic rings. The van der Waals surface area contributed by atoms with Crippen molar-refractivity contribution in [3.8, 4) is 0 Å². The molecule has 122 valence electrons. The van der Waals surface area contributed by atoms with Gasteiger partial charge in [0.05, 0.1) is 22.3 Å². The molecule has 4 nitrogen and oxygen atoms in total. The van der Waals surface area contributed by atoms with Crippen LogP contribution in [0.2, 0.25) is 5.02 Å². The average Bonchev–Trinajstić information content (AvgIpc) is 3.15. The van der Waals surface area contributed by atoms with E-state index in [2.05, 4.69) is 0 Å². The maximum Gasteiger partial charge on any atom is 0.183 e. The standard InChI is InChI=1S/C17H18ClNO3S/c1-22-11-17(19)15(12-5-3-2-4-6-12)16(17)23(20,21)14-9-7-13(18)8-10-14/h2-10,15-16H,11,19H2,1H3/t15-,16+,17+/m1/s1. The number of benzene rings is 2. The van der Waals surface area contributed by atoms with Gasteiger partial charge in [-0.1, -0.05) is 41.9 Å². The fourth-order valence-electron chi connectivity index (χ4n) is 3.23. The molecule has 0 aliphatic heterocycles. The molecule has 0 amide bonds. The second-order valence-corrected chi connectivity index (χ2v) is 8.36. The molecule has 0 saturated heterocycles. The molecule has 6 heteroatoms. The summed E-state index contributed by atoms with van der Waals surface area (Å²) in [6.07, 6.45) is 0. The van der Waals surface area contributed by atoms with Crippen LogP contribution in [0.15, 0.2) is 59.5 Å². The molecule has 3 atom stereocenters. The van der Waals surface area contributed by atoms with Gasteiger partial charge in [0.25, 0.3) is 0 Å². The minimum Gasteiger partial charge on any atom is -0.383 e. The van der Waals surface area contributed by atoms with Crippen LogP contribution in [0.4, 0.5) is 0 Å². The summed E-state index contributed by atoms with van der Waals surface area (Å²) in [5, 5.41) is -0.214. The van der Waals surface area contributed by atoms with Crippen molar-refractivity contribution >= 4 is 21.4 Å². The van der Waals surface area contributed by atoms with E-state index < -0.39 is 20.6 Å². The minimum absolute atomic E-state index is 0.185. The summed E-state index contributed by atoms with van der Waals surface area (Å²) in [7, 11) is -2.04. The average molecular weight is 352 g/mol. The van der Waals surface area contributed by atoms with Crippen molar-refractivity contribution in [3.63, 3.8) is 0 Å². The number of halogens is 1. The van der Waals surface area contributed by atoms with E-state index in [1.807, 2.05) is 30.3 Å². The Kier molecular flexibility index (Phi) is 4.23. The first-order chi connectivity index (χ1) is 10.9. The maximum absolute atomic E-state index is 13.0. The molecule has 0 unspecified atom stereocenters. The Bertz CT molecular complexity index is 792. The Morgan fingerprint density at radius 2 is 1.74 bits per heavy atom. The van der Waals surface area contributed by atoms with Crippen LogP contribution in [0.3, 0.4) is 0 Å². The molecule has 1 saturated carbocycles. The van der Waals surface area contributed by atoms with Gasteiger partial charge in [0.1, 0.15) is 0 Å². The van der Waals surface area contributed by atoms with Crippen molar-refractivity contribution in [2.45, 2.75) is 21.6 Å². The van der Waals surface area contributed by atoms with Crippen molar-refractivity contribution in [1.29, 1.82) is 0 Å². The number of hydrogen-bond donors (Lipinski definition) is 1. The largest absolute Gasteiger partial charge is 0.383 e. The molecular weight excluding hydrogens is 334 g/mol. The van der Waals surface area contributed by atoms with Crippen molar-refractivity contribution in [2.24, 2.45) is 5.73 Å². The first-order valence-corrected chi connectivity index (χ1v) is 9.16. The molecule has 2 aromatic carbocycles. The van der Waals surface area contributed by atoms with Crippen LogP contribution in [-0.4, -0.2) is 32.9 Å². The van der Waals surface area contributed by atoms with Gasteiger partial charge in [-0.15, -0.1) is 0 Å². The van der Waals surface area contributed by atoms with Gasteiger partial charge in [0.15, 0.2) is 9.84 Å². The first-order valence-electron chi connectivity index (χ1n) is 7.23. The lowest BCUT2D eigenvalue weighted by Gasteiger charge is -2.11. The predicted octanol–water partition coefficient (Wildman–Crippen LogP) is 2.62. The fraction of sp³-hybridized carbons (Fsp3) is 0.294. The molecule has 3 rings (SSSR count). The highest BCUT2D eigenvalue weighted by Crippen LogP contribution is 2.55. The zero-order valence-electron chi connectivity index (χ0n) is 12.6. The Hall–Kier alpha value is -1.40. The number of nitrogens with two attached hydrogens (primary N) is 1. The van der Waals surface area contributed by atoms with Gasteiger partial charge in [-0.2, -0.15) is 0 Å². The van der Waals surface area contributed by atoms with Crippen LogP contribution in [0.5, 0.6) is 0 Å². The molecule has 23 heavy (non-hydrogen) atoms. The van der Waals surface area contributed by atoms with Crippen LogP contribution in [0.25, 0.3) is 0 Å². The number of sulfone groups is 1. The summed E-state index contributed by atoms with van der Waals surface area (Å²) in [5.41, 5.74) is 6.39. The molecule has 1 fully saturated rings. The van der Waals surface area contributed by atoms with E-state index in [1.165, 1.54) is 19.2 Å². The highest BCUT2D eigenvalue weighted by molar-refractivity contribution is 7.92. The summed E-state index contributed by atoms with van der Waals surface area (Å²) in [4.78, 5) is 0.233. The van der Waals surface area contributed by atoms with Gasteiger partial charge in [-0.3, -0.25) is 0 Å². The summed E-state index contributed by atoms with van der Waals surface area (Å²) >= 11 is 5.85. The summed E-state index contributed by atoms with van der Waals surface area (Å²) in [6.45, 7) is 0.185. The van der Waals surface area contributed by atoms with E-state index in [1.54, 1.807) is 12.1 Å². The Labute approximate surface area is 141 Å². The van der Waals surface area contributed by atoms with E-state index in [9.17, 15) is 8.42 Å². The second-order valence-electron chi connectivity index (χ2n) is 5.85. The lowest BCUT2D eigenvalue weighted by atomic mass is 10.1. The third kappa shape index (κ3) is 2.78. The predicted molar refractivity (Wildman–Crippen MR) is 90.4 cm³/mol. The second kappa shape index (κ2) is 5.91. The molecule has 0 heterocycles. The molecule has 0 radical (unpaired) electrons. The minimum atomic E-state index is -3.57. The van der Waals surface area contributed by atoms with Crippen LogP contribution in [-0.2, 0) is 14.6 Å². The zero-order chi connectivity index (χ0) is 16.7. The summed E-state index contributed by atoms with van der Waals surface area (Å²) in [5.74, 6) is -0.288. The van der Waals surface area contributed by atoms with Gasteiger partial charge >= 0.3 is 0 Å². The maximum atomic E-state index is 13.0. The monoisotopic (exact) mass is 351 g/mol. The van der Waals surface area contributed by atoms with E-state index in [0.29, 0.717) is 5.02 Å². The normalized spacial score (nSPS) is 26.9. The number of hydrogen-bond acceptors (Lipinski definition) is 4. The Morgan fingerprint density at radius 1 is 1.13 bits per heavy atom. The lowest BCUT2D eigenvalue weighted by Crippen LogP contribution is -2.35. The number of methoxy groups -OCH3 is 1. The van der Waals surface area contributed by atoms with Gasteiger partial charge in [-0.05, 0) is 29.8 Å². The van der Waals surface area contributed by atoms with Crippen molar-refractivity contribution in [1.82, 2.24) is 0 Å². The highest BCUT2D eigenvalue weighted by atomic mass is 35.5. The summed E-state index contributed by atoms with van der Waals surface area (Å²) in [6, 6.07) is 15.6. The van der Waals surface area contributed by atoms with Gasteiger partial charge in [0, 0.05) is 18.1 Å². The molecule has 0 bridgehead atoms. The van der Waals surface area contributed by atoms with Crippen LogP contribution >= 0.6 is 11.6 Å². The molecular formula is C17H18ClNO3S. The van der Waals surface area contributed by atoms with Gasteiger partial charge < -0.3 is 10.5 Å². The van der Waals surface area contributed by atoms with Crippen molar-refractivity contribution in [3.05, 3.63) is 65.2 Å². The molecule has 0 aromatic heterocycles. The summed E-state index contributed by atoms with van der Waals surface area (Å²) < 4.78 is 31.2. The van der Waals surface area contributed by atoms with E-state index in [-0.39, 0.29) is 17.4 Å². The Balaban J connectivity index is 2.01. The zero-order valence-corrected chi connectivity index (χ0v) is 14.2. The number of ether oxygens (including phenoxy) is 1. The van der Waals surface area contributed by atoms with Gasteiger partial charge in [0.2, 0.25) is 0 Å². The topological polar surface area (TPSA) is 69.4 Å². The van der Waals surface area contributed by atoms with E-state index in [0.717, 1.165) is 5.56 Å². The van der Waals surface area contributed by atoms with E-state index >= 15 is 0 Å². The molecule has 2 aromatic rings. The van der Waals surface area contributed by atoms with Gasteiger partial charge in [-0.25, -0.2) is 8.42 Å². The molecule has 1 aliphatic carbocycles. The third-order valence-electron chi connectivity index (χ3n) is 4.33. The fourth-order valence-corrected chi connectivity index (χ4v) is 5.65. The van der Waals surface area contributed by atoms with Crippen LogP contribution in [0.1, 0.15) is 11.5 Å². The molecule has 0 spiro atoms. The van der Waals surface area contributed by atoms with Crippen LogP contribution in [0, 0.1) is 0 Å². The lowest BCUT2D eigenvalue weighted by molar-refractivity contribution is 0.171. The smallest absolute Gasteiger partial charge is 0.183 e. The quantitative estimate of drug-likeness (QED) is 0.899. The van der Waals surface area contributed by atoms with Crippen molar-refractivity contribution in [2.75, 3.05) is 13.7 Å². The van der Waals surface area contributed by atoms with Crippen LogP contribution < -0.4 is 5.73 Å². The molecule has 2 N–H and O–H groups in total. The van der Waals surface area contributed by atoms with E-state index in [4.69, 9.17) is 22.1 Å². The third-order valence-corrected chi connectivity index (χ3v) is 6.89. The van der Waals surface area contributed by atoms with Crippen molar-refractivity contribution < 1.29 is 13.2 Å².